The van der Waals surface area contributed by atoms with Crippen molar-refractivity contribution in [3.8, 4) is 0 Å². The zero-order valence-corrected chi connectivity index (χ0v) is 8.03. The standard InChI is InChI=1S/C7H11ClN2.ClH/c1-2-3-10-6-9-5-7(10)4-8;/h5-6H,2-4H2,1H3;1H. The summed E-state index contributed by atoms with van der Waals surface area (Å²) in [6.45, 7) is 3.15. The summed E-state index contributed by atoms with van der Waals surface area (Å²) in [7, 11) is 0. The van der Waals surface area contributed by atoms with Crippen molar-refractivity contribution in [1.29, 1.82) is 0 Å². The van der Waals surface area contributed by atoms with Gasteiger partial charge in [0.1, 0.15) is 0 Å². The largest absolute Gasteiger partial charge is 0.334 e. The van der Waals surface area contributed by atoms with Crippen LogP contribution in [0.4, 0.5) is 0 Å². The maximum atomic E-state index is 5.65. The highest BCUT2D eigenvalue weighted by molar-refractivity contribution is 6.16. The summed E-state index contributed by atoms with van der Waals surface area (Å²) >= 11 is 5.65. The average Bonchev–Trinajstić information content (AvgIpc) is 2.36. The van der Waals surface area contributed by atoms with E-state index in [0.29, 0.717) is 5.88 Å². The van der Waals surface area contributed by atoms with Gasteiger partial charge < -0.3 is 4.57 Å². The van der Waals surface area contributed by atoms with Crippen LogP contribution in [0.2, 0.25) is 0 Å². The molecule has 1 aromatic rings. The fraction of sp³-hybridized carbons (Fsp3) is 0.571. The second-order valence-electron chi connectivity index (χ2n) is 2.21. The third-order valence-corrected chi connectivity index (χ3v) is 1.67. The van der Waals surface area contributed by atoms with Gasteiger partial charge in [-0.25, -0.2) is 4.98 Å². The van der Waals surface area contributed by atoms with E-state index < -0.39 is 0 Å². The molecule has 0 spiro atoms. The molecule has 1 heterocycles. The number of hydrogen-bond donors (Lipinski definition) is 0. The summed E-state index contributed by atoms with van der Waals surface area (Å²) in [5.41, 5.74) is 1.10. The van der Waals surface area contributed by atoms with Gasteiger partial charge in [0.2, 0.25) is 0 Å². The van der Waals surface area contributed by atoms with Gasteiger partial charge in [-0.1, -0.05) is 6.92 Å². The van der Waals surface area contributed by atoms with Crippen LogP contribution < -0.4 is 0 Å². The Bertz CT molecular complexity index is 198. The molecule has 0 atom stereocenters. The molecule has 0 saturated carbocycles. The summed E-state index contributed by atoms with van der Waals surface area (Å²) in [5.74, 6) is 0.556. The molecular weight excluding hydrogens is 183 g/mol. The Kier molecular flexibility index (Phi) is 5.34. The van der Waals surface area contributed by atoms with Gasteiger partial charge in [0.15, 0.2) is 0 Å². The topological polar surface area (TPSA) is 17.8 Å². The Hall–Kier alpha value is -0.210. The van der Waals surface area contributed by atoms with Crippen molar-refractivity contribution in [2.45, 2.75) is 25.8 Å². The van der Waals surface area contributed by atoms with Crippen molar-refractivity contribution in [2.24, 2.45) is 0 Å². The molecule has 11 heavy (non-hydrogen) atoms. The van der Waals surface area contributed by atoms with Crippen molar-refractivity contribution in [3.63, 3.8) is 0 Å². The molecule has 64 valence electrons. The van der Waals surface area contributed by atoms with Gasteiger partial charge in [-0.05, 0) is 6.42 Å². The Morgan fingerprint density at radius 2 is 2.36 bits per heavy atom. The summed E-state index contributed by atoms with van der Waals surface area (Å²) < 4.78 is 2.08. The molecule has 0 aliphatic heterocycles. The van der Waals surface area contributed by atoms with Gasteiger partial charge >= 0.3 is 0 Å². The number of hydrogen-bond acceptors (Lipinski definition) is 1. The molecule has 0 unspecified atom stereocenters. The molecule has 0 aliphatic carbocycles. The van der Waals surface area contributed by atoms with Crippen LogP contribution >= 0.6 is 24.0 Å². The summed E-state index contributed by atoms with van der Waals surface area (Å²) in [5, 5.41) is 0. The van der Waals surface area contributed by atoms with Crippen LogP contribution in [0.3, 0.4) is 0 Å². The van der Waals surface area contributed by atoms with Gasteiger partial charge in [0.25, 0.3) is 0 Å². The number of nitrogens with zero attached hydrogens (tertiary/aromatic N) is 2. The Balaban J connectivity index is 0.000001000. The Morgan fingerprint density at radius 1 is 1.64 bits per heavy atom. The minimum Gasteiger partial charge on any atom is -0.334 e. The number of alkyl halides is 1. The minimum absolute atomic E-state index is 0. The van der Waals surface area contributed by atoms with E-state index in [9.17, 15) is 0 Å². The van der Waals surface area contributed by atoms with Crippen LogP contribution in [0, 0.1) is 0 Å². The number of aryl methyl sites for hydroxylation is 1. The van der Waals surface area contributed by atoms with Crippen molar-refractivity contribution in [3.05, 3.63) is 18.2 Å². The first-order valence-corrected chi connectivity index (χ1v) is 3.97. The quantitative estimate of drug-likeness (QED) is 0.677. The van der Waals surface area contributed by atoms with E-state index in [2.05, 4.69) is 16.5 Å². The highest BCUT2D eigenvalue weighted by Crippen LogP contribution is 2.03. The fourth-order valence-electron chi connectivity index (χ4n) is 0.902. The highest BCUT2D eigenvalue weighted by atomic mass is 35.5. The number of halogens is 2. The van der Waals surface area contributed by atoms with Crippen molar-refractivity contribution in [1.82, 2.24) is 9.55 Å². The first kappa shape index (κ1) is 10.8. The summed E-state index contributed by atoms with van der Waals surface area (Å²) in [4.78, 5) is 3.99. The van der Waals surface area contributed by atoms with Crippen LogP contribution in [0.1, 0.15) is 19.0 Å². The van der Waals surface area contributed by atoms with Gasteiger partial charge in [-0.15, -0.1) is 24.0 Å². The van der Waals surface area contributed by atoms with E-state index in [1.807, 2.05) is 12.5 Å². The smallest absolute Gasteiger partial charge is 0.0948 e. The lowest BCUT2D eigenvalue weighted by atomic mass is 10.4. The lowest BCUT2D eigenvalue weighted by molar-refractivity contribution is 0.659. The van der Waals surface area contributed by atoms with E-state index in [0.717, 1.165) is 18.7 Å². The maximum Gasteiger partial charge on any atom is 0.0948 e. The molecule has 0 aromatic carbocycles. The Morgan fingerprint density at radius 3 is 2.91 bits per heavy atom. The van der Waals surface area contributed by atoms with Gasteiger partial charge in [-0.3, -0.25) is 0 Å². The van der Waals surface area contributed by atoms with Gasteiger partial charge in [-0.2, -0.15) is 0 Å². The first-order chi connectivity index (χ1) is 4.88. The minimum atomic E-state index is 0. The van der Waals surface area contributed by atoms with Crippen molar-refractivity contribution >= 4 is 24.0 Å². The van der Waals surface area contributed by atoms with E-state index in [1.165, 1.54) is 0 Å². The lowest BCUT2D eigenvalue weighted by Gasteiger charge is -2.01. The molecule has 2 nitrogen and oxygen atoms in total. The van der Waals surface area contributed by atoms with Crippen LogP contribution in [-0.4, -0.2) is 9.55 Å². The monoisotopic (exact) mass is 194 g/mol. The van der Waals surface area contributed by atoms with Crippen molar-refractivity contribution in [2.75, 3.05) is 0 Å². The number of imidazole rings is 1. The van der Waals surface area contributed by atoms with E-state index in [1.54, 1.807) is 0 Å². The summed E-state index contributed by atoms with van der Waals surface area (Å²) in [6.07, 6.45) is 4.75. The Labute approximate surface area is 78.0 Å². The second-order valence-corrected chi connectivity index (χ2v) is 2.48. The highest BCUT2D eigenvalue weighted by Gasteiger charge is 1.96. The predicted octanol–water partition coefficient (Wildman–Crippen LogP) is 2.45. The van der Waals surface area contributed by atoms with Gasteiger partial charge in [0.05, 0.1) is 17.9 Å². The SMILES string of the molecule is CCCn1cncc1CCl.Cl. The molecule has 0 amide bonds. The molecule has 0 saturated heterocycles. The zero-order valence-electron chi connectivity index (χ0n) is 6.46. The molecule has 0 bridgehead atoms. The van der Waals surface area contributed by atoms with Crippen LogP contribution in [0.15, 0.2) is 12.5 Å². The lowest BCUT2D eigenvalue weighted by Crippen LogP contribution is -1.98. The molecule has 1 aromatic heterocycles. The van der Waals surface area contributed by atoms with Crippen LogP contribution in [-0.2, 0) is 12.4 Å². The maximum absolute atomic E-state index is 5.65. The number of rotatable bonds is 3. The molecular formula is C7H12Cl2N2. The van der Waals surface area contributed by atoms with Crippen LogP contribution in [0.5, 0.6) is 0 Å². The summed E-state index contributed by atoms with van der Waals surface area (Å²) in [6, 6.07) is 0. The van der Waals surface area contributed by atoms with E-state index in [-0.39, 0.29) is 12.4 Å². The molecule has 4 heteroatoms. The third kappa shape index (κ3) is 2.72. The molecule has 1 rings (SSSR count). The molecule has 0 fully saturated rings. The molecule has 0 N–H and O–H groups in total. The first-order valence-electron chi connectivity index (χ1n) is 3.43. The third-order valence-electron chi connectivity index (χ3n) is 1.40. The molecule has 0 aliphatic rings. The number of aromatic nitrogens is 2. The van der Waals surface area contributed by atoms with Crippen LogP contribution in [0.25, 0.3) is 0 Å². The average molecular weight is 195 g/mol. The fourth-order valence-corrected chi connectivity index (χ4v) is 1.12. The van der Waals surface area contributed by atoms with Gasteiger partial charge in [0, 0.05) is 12.7 Å². The van der Waals surface area contributed by atoms with E-state index in [4.69, 9.17) is 11.6 Å². The zero-order chi connectivity index (χ0) is 7.40. The normalized spacial score (nSPS) is 9.27. The molecule has 0 radical (unpaired) electrons. The predicted molar refractivity (Wildman–Crippen MR) is 49.3 cm³/mol. The second kappa shape index (κ2) is 5.44. The van der Waals surface area contributed by atoms with E-state index >= 15 is 0 Å². The van der Waals surface area contributed by atoms with Crippen molar-refractivity contribution < 1.29 is 0 Å².